The van der Waals surface area contributed by atoms with Crippen LogP contribution in [0.1, 0.15) is 30.6 Å². The van der Waals surface area contributed by atoms with Crippen LogP contribution in [0, 0.1) is 18.2 Å². The van der Waals surface area contributed by atoms with Gasteiger partial charge in [-0.15, -0.1) is 6.42 Å². The third kappa shape index (κ3) is 3.81. The van der Waals surface area contributed by atoms with Crippen LogP contribution in [-0.4, -0.2) is 17.6 Å². The Morgan fingerprint density at radius 3 is 2.63 bits per heavy atom. The van der Waals surface area contributed by atoms with E-state index in [1.165, 1.54) is 18.2 Å². The first-order valence-electron chi connectivity index (χ1n) is 5.68. The normalized spacial score (nSPS) is 12.9. The maximum atomic E-state index is 13.3. The van der Waals surface area contributed by atoms with E-state index in [4.69, 9.17) is 11.2 Å². The summed E-state index contributed by atoms with van der Waals surface area (Å²) in [5.41, 5.74) is -1.34. The molecule has 1 aromatic rings. The number of benzene rings is 1. The van der Waals surface area contributed by atoms with Crippen molar-refractivity contribution in [3.8, 4) is 12.3 Å². The van der Waals surface area contributed by atoms with Crippen molar-refractivity contribution in [3.63, 3.8) is 0 Å². The summed E-state index contributed by atoms with van der Waals surface area (Å²) >= 11 is 0. The van der Waals surface area contributed by atoms with E-state index in [-0.39, 0.29) is 5.56 Å². The first-order valence-corrected chi connectivity index (χ1v) is 5.68. The molecule has 0 saturated heterocycles. The predicted octanol–water partition coefficient (Wildman–Crippen LogP) is 2.49. The zero-order valence-corrected chi connectivity index (χ0v) is 10.7. The summed E-state index contributed by atoms with van der Waals surface area (Å²) in [6.07, 6.45) is 4.62. The Morgan fingerprint density at radius 2 is 2.11 bits per heavy atom. The summed E-state index contributed by atoms with van der Waals surface area (Å²) in [6.45, 7) is 3.28. The van der Waals surface area contributed by atoms with E-state index in [1.54, 1.807) is 13.8 Å². The van der Waals surface area contributed by atoms with Crippen LogP contribution >= 0.6 is 0 Å². The number of nitrogens with one attached hydrogen (secondary N) is 1. The summed E-state index contributed by atoms with van der Waals surface area (Å²) in [5, 5.41) is 1.93. The molecule has 19 heavy (non-hydrogen) atoms. The SMILES string of the molecule is C#CC(C)(CC)OC(=O)NC(=O)c1ccccc1F. The lowest BCUT2D eigenvalue weighted by molar-refractivity contribution is 0.0601. The van der Waals surface area contributed by atoms with Gasteiger partial charge in [0.25, 0.3) is 5.91 Å². The molecular weight excluding hydrogens is 249 g/mol. The minimum atomic E-state index is -1.10. The minimum Gasteiger partial charge on any atom is -0.430 e. The van der Waals surface area contributed by atoms with Crippen molar-refractivity contribution in [1.29, 1.82) is 0 Å². The number of carbonyl (C=O) groups excluding carboxylic acids is 2. The van der Waals surface area contributed by atoms with Gasteiger partial charge in [-0.3, -0.25) is 10.1 Å². The average molecular weight is 263 g/mol. The van der Waals surface area contributed by atoms with E-state index in [0.29, 0.717) is 6.42 Å². The number of terminal acetylenes is 1. The molecule has 0 bridgehead atoms. The topological polar surface area (TPSA) is 55.4 Å². The molecule has 0 aliphatic rings. The van der Waals surface area contributed by atoms with Gasteiger partial charge >= 0.3 is 6.09 Å². The highest BCUT2D eigenvalue weighted by atomic mass is 19.1. The van der Waals surface area contributed by atoms with Crippen LogP contribution in [0.5, 0.6) is 0 Å². The maximum Gasteiger partial charge on any atom is 0.415 e. The number of amides is 2. The summed E-state index contributed by atoms with van der Waals surface area (Å²) < 4.78 is 18.3. The number of carbonyl (C=O) groups is 2. The van der Waals surface area contributed by atoms with Crippen LogP contribution in [0.15, 0.2) is 24.3 Å². The average Bonchev–Trinajstić information content (AvgIpc) is 2.38. The second-order valence-corrected chi connectivity index (χ2v) is 4.05. The molecule has 0 heterocycles. The molecule has 5 heteroatoms. The Labute approximate surface area is 111 Å². The van der Waals surface area contributed by atoms with Crippen molar-refractivity contribution in [3.05, 3.63) is 35.6 Å². The molecule has 0 aromatic heterocycles. The Balaban J connectivity index is 2.71. The van der Waals surface area contributed by atoms with Crippen LogP contribution < -0.4 is 5.32 Å². The molecule has 1 aromatic carbocycles. The summed E-state index contributed by atoms with van der Waals surface area (Å²) in [7, 11) is 0. The van der Waals surface area contributed by atoms with Crippen molar-refractivity contribution in [2.45, 2.75) is 25.9 Å². The van der Waals surface area contributed by atoms with Crippen LogP contribution in [0.4, 0.5) is 9.18 Å². The molecule has 2 amide bonds. The first kappa shape index (κ1) is 14.7. The Hall–Kier alpha value is -2.35. The largest absolute Gasteiger partial charge is 0.430 e. The number of hydrogen-bond acceptors (Lipinski definition) is 3. The zero-order chi connectivity index (χ0) is 14.5. The third-order valence-electron chi connectivity index (χ3n) is 2.63. The molecule has 1 rings (SSSR count). The van der Waals surface area contributed by atoms with Gasteiger partial charge in [0.05, 0.1) is 5.56 Å². The zero-order valence-electron chi connectivity index (χ0n) is 10.7. The number of imide groups is 1. The second-order valence-electron chi connectivity index (χ2n) is 4.05. The van der Waals surface area contributed by atoms with Gasteiger partial charge in [0.1, 0.15) is 5.82 Å². The molecule has 1 N–H and O–H groups in total. The van der Waals surface area contributed by atoms with E-state index in [1.807, 2.05) is 5.32 Å². The number of ether oxygens (including phenoxy) is 1. The number of alkyl carbamates (subject to hydrolysis) is 1. The lowest BCUT2D eigenvalue weighted by Gasteiger charge is -2.21. The number of halogens is 1. The molecule has 0 radical (unpaired) electrons. The van der Waals surface area contributed by atoms with Crippen molar-refractivity contribution >= 4 is 12.0 Å². The van der Waals surface area contributed by atoms with Crippen LogP contribution in [0.2, 0.25) is 0 Å². The number of rotatable bonds is 3. The summed E-state index contributed by atoms with van der Waals surface area (Å²) in [6, 6.07) is 5.31. The van der Waals surface area contributed by atoms with Crippen LogP contribution in [0.3, 0.4) is 0 Å². The van der Waals surface area contributed by atoms with Gasteiger partial charge < -0.3 is 4.74 Å². The molecular formula is C14H14FNO3. The minimum absolute atomic E-state index is 0.238. The van der Waals surface area contributed by atoms with Crippen molar-refractivity contribution < 1.29 is 18.7 Å². The fourth-order valence-corrected chi connectivity index (χ4v) is 1.24. The van der Waals surface area contributed by atoms with Crippen molar-refractivity contribution in [2.24, 2.45) is 0 Å². The van der Waals surface area contributed by atoms with Gasteiger partial charge in [-0.05, 0) is 25.5 Å². The van der Waals surface area contributed by atoms with E-state index < -0.39 is 23.4 Å². The Morgan fingerprint density at radius 1 is 1.47 bits per heavy atom. The van der Waals surface area contributed by atoms with E-state index in [9.17, 15) is 14.0 Å². The quantitative estimate of drug-likeness (QED) is 0.852. The molecule has 0 aliphatic carbocycles. The molecule has 100 valence electrons. The molecule has 0 aliphatic heterocycles. The van der Waals surface area contributed by atoms with E-state index in [0.717, 1.165) is 6.07 Å². The highest BCUT2D eigenvalue weighted by molar-refractivity contribution is 6.03. The number of hydrogen-bond donors (Lipinski definition) is 1. The fourth-order valence-electron chi connectivity index (χ4n) is 1.24. The van der Waals surface area contributed by atoms with Gasteiger partial charge in [-0.25, -0.2) is 9.18 Å². The first-order chi connectivity index (χ1) is 8.91. The van der Waals surface area contributed by atoms with Gasteiger partial charge in [-0.1, -0.05) is 25.0 Å². The maximum absolute atomic E-state index is 13.3. The van der Waals surface area contributed by atoms with Gasteiger partial charge in [0.15, 0.2) is 5.60 Å². The standard InChI is InChI=1S/C14H14FNO3/c1-4-14(3,5-2)19-13(18)16-12(17)10-8-6-7-9-11(10)15/h1,6-9H,5H2,2-3H3,(H,16,17,18). The molecule has 4 nitrogen and oxygen atoms in total. The Kier molecular flexibility index (Phi) is 4.65. The van der Waals surface area contributed by atoms with Crippen molar-refractivity contribution in [2.75, 3.05) is 0 Å². The van der Waals surface area contributed by atoms with E-state index in [2.05, 4.69) is 5.92 Å². The predicted molar refractivity (Wildman–Crippen MR) is 67.9 cm³/mol. The molecule has 0 fully saturated rings. The Bertz CT molecular complexity index is 536. The fraction of sp³-hybridized carbons (Fsp3) is 0.286. The monoisotopic (exact) mass is 263 g/mol. The smallest absolute Gasteiger partial charge is 0.415 e. The summed E-state index contributed by atoms with van der Waals surface area (Å²) in [5.74, 6) is 0.719. The molecule has 0 saturated carbocycles. The molecule has 1 unspecified atom stereocenters. The van der Waals surface area contributed by atoms with Crippen LogP contribution in [0.25, 0.3) is 0 Å². The van der Waals surface area contributed by atoms with Gasteiger partial charge in [0.2, 0.25) is 0 Å². The summed E-state index contributed by atoms with van der Waals surface area (Å²) in [4.78, 5) is 23.1. The van der Waals surface area contributed by atoms with Crippen LogP contribution in [-0.2, 0) is 4.74 Å². The lowest BCUT2D eigenvalue weighted by Crippen LogP contribution is -2.38. The van der Waals surface area contributed by atoms with Crippen molar-refractivity contribution in [1.82, 2.24) is 5.32 Å². The molecule has 1 atom stereocenters. The van der Waals surface area contributed by atoms with Gasteiger partial charge in [0, 0.05) is 0 Å². The van der Waals surface area contributed by atoms with Gasteiger partial charge in [-0.2, -0.15) is 0 Å². The third-order valence-corrected chi connectivity index (χ3v) is 2.63. The molecule has 0 spiro atoms. The highest BCUT2D eigenvalue weighted by Crippen LogP contribution is 2.14. The second kappa shape index (κ2) is 6.01. The highest BCUT2D eigenvalue weighted by Gasteiger charge is 2.25. The van der Waals surface area contributed by atoms with E-state index >= 15 is 0 Å². The lowest BCUT2D eigenvalue weighted by atomic mass is 10.1.